The molecule has 0 saturated heterocycles. The van der Waals surface area contributed by atoms with Gasteiger partial charge in [0.05, 0.1) is 17.3 Å². The molecule has 72 valence electrons. The highest BCUT2D eigenvalue weighted by atomic mass is 32.1. The minimum Gasteiger partial charge on any atom is -0.390 e. The molecule has 0 aromatic carbocycles. The third-order valence-corrected chi connectivity index (χ3v) is 4.13. The summed E-state index contributed by atoms with van der Waals surface area (Å²) in [6.45, 7) is 2.37. The molecule has 0 bridgehead atoms. The normalized spacial score (nSPS) is 20.8. The van der Waals surface area contributed by atoms with Crippen molar-refractivity contribution >= 4 is 11.3 Å². The second-order valence-electron chi connectivity index (χ2n) is 4.07. The second kappa shape index (κ2) is 3.39. The minimum atomic E-state index is 0.0760. The summed E-state index contributed by atoms with van der Waals surface area (Å²) in [5, 5.41) is 12.1. The van der Waals surface area contributed by atoms with Gasteiger partial charge in [-0.15, -0.1) is 11.3 Å². The van der Waals surface area contributed by atoms with E-state index in [1.807, 2.05) is 5.38 Å². The SMILES string of the molecule is CC1(c2nc(CO)cs2)CCCC1. The molecule has 1 aromatic rings. The van der Waals surface area contributed by atoms with Gasteiger partial charge in [-0.05, 0) is 12.8 Å². The van der Waals surface area contributed by atoms with Crippen LogP contribution in [0.2, 0.25) is 0 Å². The van der Waals surface area contributed by atoms with Gasteiger partial charge in [0, 0.05) is 10.8 Å². The molecule has 1 N–H and O–H groups in total. The Hall–Kier alpha value is -0.410. The van der Waals surface area contributed by atoms with Crippen LogP contribution >= 0.6 is 11.3 Å². The average Bonchev–Trinajstić information content (AvgIpc) is 2.72. The molecule has 0 atom stereocenters. The Labute approximate surface area is 82.6 Å². The number of rotatable bonds is 2. The smallest absolute Gasteiger partial charge is 0.0988 e. The highest BCUT2D eigenvalue weighted by Crippen LogP contribution is 2.41. The van der Waals surface area contributed by atoms with E-state index in [9.17, 15) is 0 Å². The van der Waals surface area contributed by atoms with E-state index >= 15 is 0 Å². The molecule has 0 unspecified atom stereocenters. The van der Waals surface area contributed by atoms with Gasteiger partial charge in [-0.1, -0.05) is 19.8 Å². The fourth-order valence-corrected chi connectivity index (χ4v) is 3.06. The van der Waals surface area contributed by atoms with Gasteiger partial charge in [0.1, 0.15) is 0 Å². The van der Waals surface area contributed by atoms with Crippen molar-refractivity contribution in [1.29, 1.82) is 0 Å². The number of hydrogen-bond acceptors (Lipinski definition) is 3. The number of aliphatic hydroxyl groups is 1. The molecule has 1 fully saturated rings. The predicted molar refractivity (Wildman–Crippen MR) is 53.9 cm³/mol. The van der Waals surface area contributed by atoms with Crippen LogP contribution in [-0.4, -0.2) is 10.1 Å². The van der Waals surface area contributed by atoms with Crippen LogP contribution in [-0.2, 0) is 12.0 Å². The summed E-state index contributed by atoms with van der Waals surface area (Å²) >= 11 is 1.70. The van der Waals surface area contributed by atoms with Gasteiger partial charge in [-0.25, -0.2) is 4.98 Å². The Morgan fingerprint density at radius 3 is 2.77 bits per heavy atom. The van der Waals surface area contributed by atoms with Gasteiger partial charge in [0.2, 0.25) is 0 Å². The van der Waals surface area contributed by atoms with E-state index in [2.05, 4.69) is 11.9 Å². The van der Waals surface area contributed by atoms with Crippen LogP contribution < -0.4 is 0 Å². The largest absolute Gasteiger partial charge is 0.390 e. The maximum Gasteiger partial charge on any atom is 0.0988 e. The Morgan fingerprint density at radius 2 is 2.23 bits per heavy atom. The van der Waals surface area contributed by atoms with Crippen molar-refractivity contribution in [2.24, 2.45) is 0 Å². The predicted octanol–water partition coefficient (Wildman–Crippen LogP) is 2.47. The van der Waals surface area contributed by atoms with Gasteiger partial charge in [0.15, 0.2) is 0 Å². The quantitative estimate of drug-likeness (QED) is 0.790. The van der Waals surface area contributed by atoms with Crippen molar-refractivity contribution in [1.82, 2.24) is 4.98 Å². The standard InChI is InChI=1S/C10H15NOS/c1-10(4-2-3-5-10)9-11-8(6-12)7-13-9/h7,12H,2-6H2,1H3. The van der Waals surface area contributed by atoms with Crippen molar-refractivity contribution in [3.8, 4) is 0 Å². The first-order chi connectivity index (χ1) is 6.24. The lowest BCUT2D eigenvalue weighted by Gasteiger charge is -2.19. The van der Waals surface area contributed by atoms with Crippen LogP contribution in [0.5, 0.6) is 0 Å². The molecule has 2 rings (SSSR count). The molecule has 1 aliphatic rings. The summed E-state index contributed by atoms with van der Waals surface area (Å²) in [6.07, 6.45) is 5.16. The lowest BCUT2D eigenvalue weighted by Crippen LogP contribution is -2.16. The zero-order valence-corrected chi connectivity index (χ0v) is 8.73. The molecule has 0 spiro atoms. The molecule has 1 aliphatic carbocycles. The van der Waals surface area contributed by atoms with Crippen LogP contribution in [0.3, 0.4) is 0 Å². The number of hydrogen-bond donors (Lipinski definition) is 1. The Balaban J connectivity index is 2.23. The van der Waals surface area contributed by atoms with Crippen molar-refractivity contribution in [3.05, 3.63) is 16.1 Å². The second-order valence-corrected chi connectivity index (χ2v) is 4.93. The van der Waals surface area contributed by atoms with Gasteiger partial charge >= 0.3 is 0 Å². The first kappa shape index (κ1) is 9.16. The van der Waals surface area contributed by atoms with Crippen molar-refractivity contribution < 1.29 is 5.11 Å². The van der Waals surface area contributed by atoms with Crippen LogP contribution in [0.1, 0.15) is 43.3 Å². The first-order valence-electron chi connectivity index (χ1n) is 4.80. The van der Waals surface area contributed by atoms with Crippen LogP contribution in [0.15, 0.2) is 5.38 Å². The average molecular weight is 197 g/mol. The molecule has 13 heavy (non-hydrogen) atoms. The van der Waals surface area contributed by atoms with E-state index in [1.165, 1.54) is 30.7 Å². The van der Waals surface area contributed by atoms with Gasteiger partial charge in [-0.2, -0.15) is 0 Å². The molecular weight excluding hydrogens is 182 g/mol. The fraction of sp³-hybridized carbons (Fsp3) is 0.700. The minimum absolute atomic E-state index is 0.0760. The molecule has 1 saturated carbocycles. The molecule has 1 aromatic heterocycles. The number of thiazole rings is 1. The van der Waals surface area contributed by atoms with Crippen LogP contribution in [0, 0.1) is 0 Å². The van der Waals surface area contributed by atoms with Gasteiger partial charge in [-0.3, -0.25) is 0 Å². The molecule has 0 amide bonds. The Morgan fingerprint density at radius 1 is 1.54 bits per heavy atom. The van der Waals surface area contributed by atoms with Gasteiger partial charge in [0.25, 0.3) is 0 Å². The topological polar surface area (TPSA) is 33.1 Å². The maximum atomic E-state index is 8.92. The summed E-state index contributed by atoms with van der Waals surface area (Å²) in [7, 11) is 0. The highest BCUT2D eigenvalue weighted by molar-refractivity contribution is 7.09. The zero-order valence-electron chi connectivity index (χ0n) is 7.92. The summed E-state index contributed by atoms with van der Waals surface area (Å²) in [5.41, 5.74) is 1.13. The van der Waals surface area contributed by atoms with Crippen molar-refractivity contribution in [2.75, 3.05) is 0 Å². The van der Waals surface area contributed by atoms with E-state index in [0.29, 0.717) is 5.41 Å². The van der Waals surface area contributed by atoms with Crippen molar-refractivity contribution in [3.63, 3.8) is 0 Å². The summed E-state index contributed by atoms with van der Waals surface area (Å²) in [4.78, 5) is 4.45. The molecular formula is C10H15NOS. The van der Waals surface area contributed by atoms with E-state index in [0.717, 1.165) is 5.69 Å². The third kappa shape index (κ3) is 1.63. The molecule has 2 nitrogen and oxygen atoms in total. The lowest BCUT2D eigenvalue weighted by atomic mass is 9.90. The first-order valence-corrected chi connectivity index (χ1v) is 5.68. The van der Waals surface area contributed by atoms with E-state index in [-0.39, 0.29) is 6.61 Å². The van der Waals surface area contributed by atoms with E-state index in [4.69, 9.17) is 5.11 Å². The zero-order chi connectivity index (χ0) is 9.31. The molecule has 0 aliphatic heterocycles. The van der Waals surface area contributed by atoms with Gasteiger partial charge < -0.3 is 5.11 Å². The highest BCUT2D eigenvalue weighted by Gasteiger charge is 2.33. The molecule has 0 radical (unpaired) electrons. The summed E-state index contributed by atoms with van der Waals surface area (Å²) < 4.78 is 0. The molecule has 3 heteroatoms. The monoisotopic (exact) mass is 197 g/mol. The molecule has 1 heterocycles. The summed E-state index contributed by atoms with van der Waals surface area (Å²) in [6, 6.07) is 0. The summed E-state index contributed by atoms with van der Waals surface area (Å²) in [5.74, 6) is 0. The number of nitrogens with zero attached hydrogens (tertiary/aromatic N) is 1. The van der Waals surface area contributed by atoms with Crippen molar-refractivity contribution in [2.45, 2.75) is 44.6 Å². The van der Waals surface area contributed by atoms with E-state index in [1.54, 1.807) is 11.3 Å². The maximum absolute atomic E-state index is 8.92. The lowest BCUT2D eigenvalue weighted by molar-refractivity contribution is 0.277. The van der Waals surface area contributed by atoms with Crippen LogP contribution in [0.4, 0.5) is 0 Å². The van der Waals surface area contributed by atoms with Crippen LogP contribution in [0.25, 0.3) is 0 Å². The Bertz CT molecular complexity index is 289. The fourth-order valence-electron chi connectivity index (χ4n) is 2.03. The number of aliphatic hydroxyl groups excluding tert-OH is 1. The number of aromatic nitrogens is 1. The van der Waals surface area contributed by atoms with E-state index < -0.39 is 0 Å². The third-order valence-electron chi connectivity index (χ3n) is 2.94. The Kier molecular flexibility index (Phi) is 2.39.